The molecule has 2 aliphatic heterocycles. The zero-order chi connectivity index (χ0) is 21.6. The third kappa shape index (κ3) is 5.31. The van der Waals surface area contributed by atoms with Gasteiger partial charge in [-0.25, -0.2) is 0 Å². The van der Waals surface area contributed by atoms with Crippen LogP contribution in [0, 0.1) is 0 Å². The second kappa shape index (κ2) is 10.1. The first kappa shape index (κ1) is 21.5. The standard InChI is InChI=1S/C25H34N4O2/c1-20(27-15-17-29(18-16-27)23-7-6-8-24(19-23)31-2)25(30)26-21-9-11-22(12-10-21)28-13-4-3-5-14-28/h6-12,19-20H,3-5,13-18H2,1-2H3,(H,26,30). The smallest absolute Gasteiger partial charge is 0.241 e. The number of rotatable bonds is 6. The molecule has 0 saturated carbocycles. The van der Waals surface area contributed by atoms with Crippen molar-refractivity contribution >= 4 is 23.0 Å². The number of benzene rings is 2. The SMILES string of the molecule is COc1cccc(N2CCN(C(C)C(=O)Nc3ccc(N4CCCCC4)cc3)CC2)c1. The summed E-state index contributed by atoms with van der Waals surface area (Å²) in [5.41, 5.74) is 3.29. The average molecular weight is 423 g/mol. The van der Waals surface area contributed by atoms with Crippen molar-refractivity contribution in [2.75, 3.05) is 61.5 Å². The Bertz CT molecular complexity index is 856. The molecule has 0 aliphatic carbocycles. The van der Waals surface area contributed by atoms with Crippen LogP contribution in [-0.4, -0.2) is 63.2 Å². The Hall–Kier alpha value is -2.73. The van der Waals surface area contributed by atoms with Crippen LogP contribution in [0.25, 0.3) is 0 Å². The number of amides is 1. The fourth-order valence-electron chi connectivity index (χ4n) is 4.49. The lowest BCUT2D eigenvalue weighted by molar-refractivity contribution is -0.120. The quantitative estimate of drug-likeness (QED) is 0.767. The third-order valence-corrected chi connectivity index (χ3v) is 6.52. The fraction of sp³-hybridized carbons (Fsp3) is 0.480. The van der Waals surface area contributed by atoms with Gasteiger partial charge in [-0.15, -0.1) is 0 Å². The van der Waals surface area contributed by atoms with Gasteiger partial charge < -0.3 is 19.9 Å². The molecular weight excluding hydrogens is 388 g/mol. The van der Waals surface area contributed by atoms with E-state index in [0.29, 0.717) is 0 Å². The molecule has 1 atom stereocenters. The van der Waals surface area contributed by atoms with Gasteiger partial charge in [0.2, 0.25) is 5.91 Å². The highest BCUT2D eigenvalue weighted by Crippen LogP contribution is 2.24. The van der Waals surface area contributed by atoms with Gasteiger partial charge in [-0.05, 0) is 62.6 Å². The van der Waals surface area contributed by atoms with E-state index in [9.17, 15) is 4.79 Å². The van der Waals surface area contributed by atoms with Crippen molar-refractivity contribution < 1.29 is 9.53 Å². The zero-order valence-electron chi connectivity index (χ0n) is 18.7. The summed E-state index contributed by atoms with van der Waals surface area (Å²) in [6, 6.07) is 16.3. The van der Waals surface area contributed by atoms with E-state index in [1.54, 1.807) is 7.11 Å². The highest BCUT2D eigenvalue weighted by Gasteiger charge is 2.26. The van der Waals surface area contributed by atoms with Crippen LogP contribution in [0.4, 0.5) is 17.1 Å². The molecule has 0 radical (unpaired) electrons. The number of ether oxygens (including phenoxy) is 1. The van der Waals surface area contributed by atoms with Gasteiger partial charge in [-0.2, -0.15) is 0 Å². The Balaban J connectivity index is 1.28. The number of anilines is 3. The Morgan fingerprint density at radius 3 is 2.23 bits per heavy atom. The van der Waals surface area contributed by atoms with Crippen LogP contribution in [0.2, 0.25) is 0 Å². The first-order valence-corrected chi connectivity index (χ1v) is 11.4. The number of nitrogens with zero attached hydrogens (tertiary/aromatic N) is 3. The molecule has 6 nitrogen and oxygen atoms in total. The van der Waals surface area contributed by atoms with Crippen molar-refractivity contribution in [3.05, 3.63) is 48.5 Å². The number of hydrogen-bond acceptors (Lipinski definition) is 5. The molecule has 166 valence electrons. The number of carbonyl (C=O) groups excluding carboxylic acids is 1. The van der Waals surface area contributed by atoms with E-state index in [0.717, 1.165) is 50.7 Å². The molecule has 2 fully saturated rings. The van der Waals surface area contributed by atoms with Crippen LogP contribution >= 0.6 is 0 Å². The summed E-state index contributed by atoms with van der Waals surface area (Å²) < 4.78 is 5.34. The second-order valence-electron chi connectivity index (χ2n) is 8.48. The van der Waals surface area contributed by atoms with Crippen molar-refractivity contribution in [3.63, 3.8) is 0 Å². The largest absolute Gasteiger partial charge is 0.497 e. The van der Waals surface area contributed by atoms with Gasteiger partial charge in [-0.3, -0.25) is 9.69 Å². The number of carbonyl (C=O) groups is 1. The maximum atomic E-state index is 12.8. The van der Waals surface area contributed by atoms with Gasteiger partial charge >= 0.3 is 0 Å². The van der Waals surface area contributed by atoms with Gasteiger partial charge in [0.15, 0.2) is 0 Å². The lowest BCUT2D eigenvalue weighted by Crippen LogP contribution is -2.52. The van der Waals surface area contributed by atoms with E-state index in [-0.39, 0.29) is 11.9 Å². The van der Waals surface area contributed by atoms with E-state index in [1.165, 1.54) is 30.6 Å². The molecule has 1 N–H and O–H groups in total. The molecule has 1 amide bonds. The summed E-state index contributed by atoms with van der Waals surface area (Å²) in [5, 5.41) is 3.10. The van der Waals surface area contributed by atoms with Crippen LogP contribution < -0.4 is 19.9 Å². The van der Waals surface area contributed by atoms with Gasteiger partial charge in [-0.1, -0.05) is 6.07 Å². The molecule has 31 heavy (non-hydrogen) atoms. The number of hydrogen-bond donors (Lipinski definition) is 1. The van der Waals surface area contributed by atoms with Crippen molar-refractivity contribution in [1.82, 2.24) is 4.90 Å². The van der Waals surface area contributed by atoms with Gasteiger partial charge in [0, 0.05) is 62.4 Å². The van der Waals surface area contributed by atoms with E-state index >= 15 is 0 Å². The molecule has 0 aromatic heterocycles. The van der Waals surface area contributed by atoms with Crippen molar-refractivity contribution in [1.29, 1.82) is 0 Å². The number of nitrogens with one attached hydrogen (secondary N) is 1. The Labute approximate surface area is 185 Å². The Kier molecular flexibility index (Phi) is 6.97. The molecule has 2 saturated heterocycles. The normalized spacial score (nSPS) is 18.5. The molecule has 0 bridgehead atoms. The maximum absolute atomic E-state index is 12.8. The molecule has 2 heterocycles. The molecule has 0 spiro atoms. The van der Waals surface area contributed by atoms with E-state index in [2.05, 4.69) is 44.3 Å². The summed E-state index contributed by atoms with van der Waals surface area (Å²) >= 11 is 0. The van der Waals surface area contributed by atoms with Crippen LogP contribution in [-0.2, 0) is 4.79 Å². The van der Waals surface area contributed by atoms with Gasteiger partial charge in [0.1, 0.15) is 5.75 Å². The number of piperazine rings is 1. The lowest BCUT2D eigenvalue weighted by atomic mass is 10.1. The highest BCUT2D eigenvalue weighted by atomic mass is 16.5. The molecule has 1 unspecified atom stereocenters. The Morgan fingerprint density at radius 2 is 1.55 bits per heavy atom. The van der Waals surface area contributed by atoms with E-state index in [4.69, 9.17) is 4.74 Å². The monoisotopic (exact) mass is 422 g/mol. The minimum atomic E-state index is -0.158. The second-order valence-corrected chi connectivity index (χ2v) is 8.48. The molecular formula is C25H34N4O2. The lowest BCUT2D eigenvalue weighted by Gasteiger charge is -2.38. The first-order valence-electron chi connectivity index (χ1n) is 11.4. The zero-order valence-corrected chi connectivity index (χ0v) is 18.7. The fourth-order valence-corrected chi connectivity index (χ4v) is 4.49. The van der Waals surface area contributed by atoms with E-state index in [1.807, 2.05) is 31.2 Å². The predicted octanol–water partition coefficient (Wildman–Crippen LogP) is 3.83. The van der Waals surface area contributed by atoms with Crippen LogP contribution in [0.3, 0.4) is 0 Å². The van der Waals surface area contributed by atoms with Crippen LogP contribution in [0.15, 0.2) is 48.5 Å². The number of methoxy groups -OCH3 is 1. The van der Waals surface area contributed by atoms with Crippen LogP contribution in [0.5, 0.6) is 5.75 Å². The first-order chi connectivity index (χ1) is 15.1. The minimum Gasteiger partial charge on any atom is -0.497 e. The summed E-state index contributed by atoms with van der Waals surface area (Å²) in [4.78, 5) is 19.9. The third-order valence-electron chi connectivity index (χ3n) is 6.52. The summed E-state index contributed by atoms with van der Waals surface area (Å²) in [6.45, 7) is 7.78. The molecule has 2 aliphatic rings. The minimum absolute atomic E-state index is 0.0561. The van der Waals surface area contributed by atoms with Crippen molar-refractivity contribution in [2.45, 2.75) is 32.2 Å². The highest BCUT2D eigenvalue weighted by molar-refractivity contribution is 5.94. The molecule has 4 rings (SSSR count). The topological polar surface area (TPSA) is 48.1 Å². The maximum Gasteiger partial charge on any atom is 0.241 e. The van der Waals surface area contributed by atoms with Gasteiger partial charge in [0.25, 0.3) is 0 Å². The summed E-state index contributed by atoms with van der Waals surface area (Å²) in [6.07, 6.45) is 3.86. The molecule has 2 aromatic carbocycles. The summed E-state index contributed by atoms with van der Waals surface area (Å²) in [5.74, 6) is 0.930. The predicted molar refractivity (Wildman–Crippen MR) is 127 cm³/mol. The molecule has 6 heteroatoms. The van der Waals surface area contributed by atoms with Crippen molar-refractivity contribution in [2.24, 2.45) is 0 Å². The molecule has 2 aromatic rings. The van der Waals surface area contributed by atoms with Crippen LogP contribution in [0.1, 0.15) is 26.2 Å². The number of piperidine rings is 1. The Morgan fingerprint density at radius 1 is 0.871 bits per heavy atom. The van der Waals surface area contributed by atoms with Crippen molar-refractivity contribution in [3.8, 4) is 5.75 Å². The average Bonchev–Trinajstić information content (AvgIpc) is 2.84. The van der Waals surface area contributed by atoms with E-state index < -0.39 is 0 Å². The van der Waals surface area contributed by atoms with Gasteiger partial charge in [0.05, 0.1) is 13.2 Å². The summed E-state index contributed by atoms with van der Waals surface area (Å²) in [7, 11) is 1.69.